The Balaban J connectivity index is 1.99. The van der Waals surface area contributed by atoms with Gasteiger partial charge in [-0.3, -0.25) is 0 Å². The summed E-state index contributed by atoms with van der Waals surface area (Å²) in [5, 5.41) is 3.58. The smallest absolute Gasteiger partial charge is 0.169 e. The molecule has 0 unspecified atom stereocenters. The van der Waals surface area contributed by atoms with Gasteiger partial charge in [0.05, 0.1) is 6.54 Å². The van der Waals surface area contributed by atoms with Crippen LogP contribution in [0.5, 0.6) is 0 Å². The molecule has 0 fully saturated rings. The number of furan rings is 1. The molecule has 2 rings (SSSR count). The monoisotopic (exact) mass is 286 g/mol. The molecule has 0 spiro atoms. The quantitative estimate of drug-likeness (QED) is 0.875. The summed E-state index contributed by atoms with van der Waals surface area (Å²) in [5.41, 5.74) is 0. The maximum absolute atomic E-state index is 5.75. The Morgan fingerprint density at radius 1 is 1.33 bits per heavy atom. The van der Waals surface area contributed by atoms with Gasteiger partial charge in [0, 0.05) is 0 Å². The summed E-state index contributed by atoms with van der Waals surface area (Å²) >= 11 is 8.99. The highest BCUT2D eigenvalue weighted by molar-refractivity contribution is 9.10. The molecule has 0 aliphatic rings. The molecular formula is C10H8BrClN2O. The minimum absolute atomic E-state index is 0.473. The molecule has 2 heterocycles. The van der Waals surface area contributed by atoms with Crippen LogP contribution in [-0.2, 0) is 6.54 Å². The van der Waals surface area contributed by atoms with E-state index in [1.54, 1.807) is 6.07 Å². The first-order chi connectivity index (χ1) is 7.24. The first-order valence-electron chi connectivity index (χ1n) is 4.35. The van der Waals surface area contributed by atoms with Crippen LogP contribution in [0.3, 0.4) is 0 Å². The van der Waals surface area contributed by atoms with Crippen molar-refractivity contribution in [2.24, 2.45) is 0 Å². The third-order valence-electron chi connectivity index (χ3n) is 1.79. The van der Waals surface area contributed by atoms with Crippen LogP contribution in [0.15, 0.2) is 39.4 Å². The number of aromatic nitrogens is 1. The fourth-order valence-electron chi connectivity index (χ4n) is 1.13. The molecule has 15 heavy (non-hydrogen) atoms. The number of hydrogen-bond acceptors (Lipinski definition) is 3. The zero-order chi connectivity index (χ0) is 10.7. The van der Waals surface area contributed by atoms with Gasteiger partial charge in [-0.15, -0.1) is 0 Å². The zero-order valence-electron chi connectivity index (χ0n) is 7.71. The standard InChI is InChI=1S/C10H8BrClN2O/c11-8-5-4-7(15-8)6-13-10-3-1-2-9(12)14-10/h1-5H,6H2,(H,13,14). The minimum Gasteiger partial charge on any atom is -0.452 e. The van der Waals surface area contributed by atoms with Crippen LogP contribution >= 0.6 is 27.5 Å². The van der Waals surface area contributed by atoms with Gasteiger partial charge >= 0.3 is 0 Å². The van der Waals surface area contributed by atoms with Gasteiger partial charge in [0.25, 0.3) is 0 Å². The van der Waals surface area contributed by atoms with E-state index in [1.165, 1.54) is 0 Å². The van der Waals surface area contributed by atoms with Gasteiger partial charge in [0.15, 0.2) is 4.67 Å². The van der Waals surface area contributed by atoms with Crippen molar-refractivity contribution in [3.05, 3.63) is 45.9 Å². The van der Waals surface area contributed by atoms with Gasteiger partial charge in [-0.1, -0.05) is 17.7 Å². The molecule has 0 radical (unpaired) electrons. The summed E-state index contributed by atoms with van der Waals surface area (Å²) in [6.07, 6.45) is 0. The molecule has 0 saturated heterocycles. The lowest BCUT2D eigenvalue weighted by atomic mass is 10.4. The Hall–Kier alpha value is -1.00. The van der Waals surface area contributed by atoms with E-state index in [2.05, 4.69) is 26.2 Å². The van der Waals surface area contributed by atoms with Crippen molar-refractivity contribution in [1.29, 1.82) is 0 Å². The van der Waals surface area contributed by atoms with Crippen LogP contribution in [-0.4, -0.2) is 4.98 Å². The molecule has 0 bridgehead atoms. The molecule has 5 heteroatoms. The van der Waals surface area contributed by atoms with Crippen molar-refractivity contribution in [2.45, 2.75) is 6.54 Å². The fourth-order valence-corrected chi connectivity index (χ4v) is 1.64. The largest absolute Gasteiger partial charge is 0.452 e. The van der Waals surface area contributed by atoms with Crippen LogP contribution in [0.25, 0.3) is 0 Å². The molecule has 0 aromatic carbocycles. The van der Waals surface area contributed by atoms with E-state index in [0.29, 0.717) is 11.7 Å². The molecule has 78 valence electrons. The lowest BCUT2D eigenvalue weighted by molar-refractivity contribution is 0.495. The second-order valence-corrected chi connectivity index (χ2v) is 4.07. The molecule has 2 aromatic rings. The number of anilines is 1. The summed E-state index contributed by atoms with van der Waals surface area (Å²) in [6, 6.07) is 9.17. The van der Waals surface area contributed by atoms with Crippen molar-refractivity contribution in [3.8, 4) is 0 Å². The molecule has 0 saturated carbocycles. The highest BCUT2D eigenvalue weighted by Crippen LogP contribution is 2.15. The number of pyridine rings is 1. The highest BCUT2D eigenvalue weighted by atomic mass is 79.9. The van der Waals surface area contributed by atoms with E-state index in [-0.39, 0.29) is 0 Å². The maximum atomic E-state index is 5.75. The van der Waals surface area contributed by atoms with Crippen molar-refractivity contribution in [1.82, 2.24) is 4.98 Å². The molecule has 0 aliphatic carbocycles. The van der Waals surface area contributed by atoms with E-state index >= 15 is 0 Å². The predicted octanol–water partition coefficient (Wildman–Crippen LogP) is 3.70. The lowest BCUT2D eigenvalue weighted by Crippen LogP contribution is -1.99. The first kappa shape index (κ1) is 10.5. The molecule has 0 atom stereocenters. The van der Waals surface area contributed by atoms with Crippen LogP contribution in [0.2, 0.25) is 5.15 Å². The van der Waals surface area contributed by atoms with Gasteiger partial charge in [-0.25, -0.2) is 4.98 Å². The van der Waals surface area contributed by atoms with E-state index in [4.69, 9.17) is 16.0 Å². The Labute approximate surface area is 101 Å². The van der Waals surface area contributed by atoms with Crippen LogP contribution < -0.4 is 5.32 Å². The third-order valence-corrected chi connectivity index (χ3v) is 2.42. The zero-order valence-corrected chi connectivity index (χ0v) is 10.0. The van der Waals surface area contributed by atoms with E-state index < -0.39 is 0 Å². The van der Waals surface area contributed by atoms with E-state index in [1.807, 2.05) is 24.3 Å². The number of hydrogen-bond donors (Lipinski definition) is 1. The number of halogens is 2. The van der Waals surface area contributed by atoms with E-state index in [9.17, 15) is 0 Å². The van der Waals surface area contributed by atoms with Gasteiger partial charge < -0.3 is 9.73 Å². The summed E-state index contributed by atoms with van der Waals surface area (Å²) in [7, 11) is 0. The SMILES string of the molecule is Clc1cccc(NCc2ccc(Br)o2)n1. The van der Waals surface area contributed by atoms with Gasteiger partial charge in [0.2, 0.25) is 0 Å². The van der Waals surface area contributed by atoms with Crippen molar-refractivity contribution >= 4 is 33.3 Å². The first-order valence-corrected chi connectivity index (χ1v) is 5.52. The average Bonchev–Trinajstić information content (AvgIpc) is 2.62. The highest BCUT2D eigenvalue weighted by Gasteiger charge is 2.00. The van der Waals surface area contributed by atoms with Gasteiger partial charge in [-0.05, 0) is 40.2 Å². The van der Waals surface area contributed by atoms with Crippen molar-refractivity contribution in [2.75, 3.05) is 5.32 Å². The summed E-state index contributed by atoms with van der Waals surface area (Å²) in [6.45, 7) is 0.582. The summed E-state index contributed by atoms with van der Waals surface area (Å²) < 4.78 is 6.05. The average molecular weight is 288 g/mol. The summed E-state index contributed by atoms with van der Waals surface area (Å²) in [4.78, 5) is 4.10. The Kier molecular flexibility index (Phi) is 3.28. The van der Waals surface area contributed by atoms with Gasteiger partial charge in [-0.2, -0.15) is 0 Å². The molecule has 0 aliphatic heterocycles. The molecule has 2 aromatic heterocycles. The summed E-state index contributed by atoms with van der Waals surface area (Å²) in [5.74, 6) is 1.57. The molecule has 3 nitrogen and oxygen atoms in total. The number of nitrogens with one attached hydrogen (secondary N) is 1. The lowest BCUT2D eigenvalue weighted by Gasteiger charge is -2.02. The fraction of sp³-hybridized carbons (Fsp3) is 0.100. The van der Waals surface area contributed by atoms with Crippen molar-refractivity contribution < 1.29 is 4.42 Å². The second-order valence-electron chi connectivity index (χ2n) is 2.90. The van der Waals surface area contributed by atoms with Crippen LogP contribution in [0.1, 0.15) is 5.76 Å². The van der Waals surface area contributed by atoms with Crippen LogP contribution in [0, 0.1) is 0 Å². The van der Waals surface area contributed by atoms with Gasteiger partial charge in [0.1, 0.15) is 16.7 Å². The molecule has 1 N–H and O–H groups in total. The Bertz CT molecular complexity index is 458. The maximum Gasteiger partial charge on any atom is 0.169 e. The minimum atomic E-state index is 0.473. The second kappa shape index (κ2) is 4.68. The number of nitrogens with zero attached hydrogens (tertiary/aromatic N) is 1. The molecule has 0 amide bonds. The normalized spacial score (nSPS) is 10.3. The topological polar surface area (TPSA) is 38.1 Å². The van der Waals surface area contributed by atoms with Crippen molar-refractivity contribution in [3.63, 3.8) is 0 Å². The molecular weight excluding hydrogens is 279 g/mol. The van der Waals surface area contributed by atoms with Crippen LogP contribution in [0.4, 0.5) is 5.82 Å². The Morgan fingerprint density at radius 3 is 2.87 bits per heavy atom. The van der Waals surface area contributed by atoms with E-state index in [0.717, 1.165) is 16.2 Å². The third kappa shape index (κ3) is 2.97. The predicted molar refractivity (Wildman–Crippen MR) is 63.0 cm³/mol. The number of rotatable bonds is 3. The Morgan fingerprint density at radius 2 is 2.20 bits per heavy atom.